The van der Waals surface area contributed by atoms with E-state index >= 15 is 0 Å². The average molecular weight is 537 g/mol. The van der Waals surface area contributed by atoms with Crippen molar-refractivity contribution in [1.29, 1.82) is 0 Å². The van der Waals surface area contributed by atoms with E-state index in [2.05, 4.69) is 10.3 Å². The van der Waals surface area contributed by atoms with Gasteiger partial charge in [-0.15, -0.1) is 11.3 Å². The molecule has 11 nitrogen and oxygen atoms in total. The van der Waals surface area contributed by atoms with Crippen molar-refractivity contribution in [2.24, 2.45) is 0 Å². The number of hydrogen-bond acceptors (Lipinski definition) is 9. The first-order chi connectivity index (χ1) is 17.2. The summed E-state index contributed by atoms with van der Waals surface area (Å²) in [5.41, 5.74) is -0.212. The summed E-state index contributed by atoms with van der Waals surface area (Å²) in [4.78, 5) is 31.3. The number of nitrogens with one attached hydrogen (secondary N) is 1. The van der Waals surface area contributed by atoms with Gasteiger partial charge in [0.2, 0.25) is 21.7 Å². The Bertz CT molecular complexity index is 1430. The Kier molecular flexibility index (Phi) is 7.52. The average Bonchev–Trinajstić information content (AvgIpc) is 3.23. The highest BCUT2D eigenvalue weighted by Gasteiger charge is 2.32. The van der Waals surface area contributed by atoms with Crippen molar-refractivity contribution in [3.05, 3.63) is 33.7 Å². The highest BCUT2D eigenvalue weighted by atomic mass is 32.2. The Hall–Kier alpha value is -3.16. The van der Waals surface area contributed by atoms with Gasteiger partial charge in [0.25, 0.3) is 5.56 Å². The largest absolute Gasteiger partial charge is 0.493 e. The number of benzene rings is 1. The number of methoxy groups -OCH3 is 3. The van der Waals surface area contributed by atoms with Gasteiger partial charge in [0.15, 0.2) is 11.5 Å². The molecule has 1 N–H and O–H groups in total. The molecule has 0 radical (unpaired) electrons. The van der Waals surface area contributed by atoms with Crippen LogP contribution in [0.5, 0.6) is 17.2 Å². The Morgan fingerprint density at radius 2 is 1.72 bits per heavy atom. The normalized spacial score (nSPS) is 14.6. The van der Waals surface area contributed by atoms with Crippen LogP contribution in [0.2, 0.25) is 0 Å². The molecule has 1 amide bonds. The summed E-state index contributed by atoms with van der Waals surface area (Å²) in [6.45, 7) is 2.15. The van der Waals surface area contributed by atoms with Gasteiger partial charge in [0, 0.05) is 35.8 Å². The van der Waals surface area contributed by atoms with Crippen molar-refractivity contribution in [1.82, 2.24) is 13.9 Å². The van der Waals surface area contributed by atoms with Crippen LogP contribution < -0.4 is 25.1 Å². The minimum atomic E-state index is -3.86. The lowest BCUT2D eigenvalue weighted by Gasteiger charge is -2.25. The number of carbonyl (C=O) groups excluding carboxylic acids is 1. The number of rotatable bonds is 8. The van der Waals surface area contributed by atoms with Gasteiger partial charge in [-0.05, 0) is 19.8 Å². The molecule has 13 heteroatoms. The molecule has 0 saturated carbocycles. The minimum Gasteiger partial charge on any atom is -0.493 e. The maximum atomic E-state index is 13.4. The van der Waals surface area contributed by atoms with Crippen LogP contribution in [0.25, 0.3) is 10.2 Å². The molecular formula is C23H28N4O7S2. The Morgan fingerprint density at radius 1 is 1.08 bits per heavy atom. The number of fused-ring (bicyclic) bond motifs is 1. The zero-order valence-corrected chi connectivity index (χ0v) is 22.1. The standard InChI is InChI=1S/C23H28N4O7S2/c1-14-21(36(30,31)27-8-6-5-7-9-27)19-22(35-14)24-13-26(23(19)29)12-18(28)25-15-10-16(32-2)20(34-4)17(11-15)33-3/h10-11,13H,5-9,12H2,1-4H3,(H,25,28). The van der Waals surface area contributed by atoms with Gasteiger partial charge < -0.3 is 19.5 Å². The van der Waals surface area contributed by atoms with E-state index in [-0.39, 0.29) is 16.8 Å². The molecular weight excluding hydrogens is 508 g/mol. The van der Waals surface area contributed by atoms with Gasteiger partial charge in [-0.2, -0.15) is 4.31 Å². The fourth-order valence-electron chi connectivity index (χ4n) is 4.28. The number of piperidine rings is 1. The number of aryl methyl sites for hydroxylation is 1. The predicted molar refractivity (Wildman–Crippen MR) is 136 cm³/mol. The van der Waals surface area contributed by atoms with Crippen molar-refractivity contribution < 1.29 is 27.4 Å². The number of ether oxygens (including phenoxy) is 3. The van der Waals surface area contributed by atoms with E-state index in [1.165, 1.54) is 32.0 Å². The van der Waals surface area contributed by atoms with Crippen LogP contribution in [0.15, 0.2) is 28.2 Å². The van der Waals surface area contributed by atoms with E-state index in [0.717, 1.165) is 35.2 Å². The molecule has 0 bridgehead atoms. The summed E-state index contributed by atoms with van der Waals surface area (Å²) in [5, 5.41) is 2.72. The highest BCUT2D eigenvalue weighted by Crippen LogP contribution is 2.40. The molecule has 0 unspecified atom stereocenters. The predicted octanol–water partition coefficient (Wildman–Crippen LogP) is 2.61. The van der Waals surface area contributed by atoms with Gasteiger partial charge in [-0.25, -0.2) is 13.4 Å². The van der Waals surface area contributed by atoms with E-state index in [1.54, 1.807) is 19.1 Å². The van der Waals surface area contributed by atoms with Crippen molar-refractivity contribution in [2.45, 2.75) is 37.6 Å². The lowest BCUT2D eigenvalue weighted by atomic mass is 10.2. The van der Waals surface area contributed by atoms with Gasteiger partial charge in [-0.1, -0.05) is 6.42 Å². The summed E-state index contributed by atoms with van der Waals surface area (Å²) in [6, 6.07) is 3.13. The lowest BCUT2D eigenvalue weighted by Crippen LogP contribution is -2.36. The topological polar surface area (TPSA) is 129 Å². The Balaban J connectivity index is 1.66. The molecule has 1 saturated heterocycles. The molecule has 4 rings (SSSR count). The zero-order valence-electron chi connectivity index (χ0n) is 20.5. The maximum absolute atomic E-state index is 13.4. The summed E-state index contributed by atoms with van der Waals surface area (Å²) < 4.78 is 45.3. The number of thiophene rings is 1. The third kappa shape index (κ3) is 4.77. The SMILES string of the molecule is COc1cc(NC(=O)Cn2cnc3sc(C)c(S(=O)(=O)N4CCCCC4)c3c2=O)cc(OC)c1OC. The number of carbonyl (C=O) groups is 1. The summed E-state index contributed by atoms with van der Waals surface area (Å²) in [5.74, 6) is 0.571. The summed E-state index contributed by atoms with van der Waals surface area (Å²) in [6.07, 6.45) is 3.80. The van der Waals surface area contributed by atoms with E-state index in [9.17, 15) is 18.0 Å². The van der Waals surface area contributed by atoms with Gasteiger partial charge in [-0.3, -0.25) is 14.2 Å². The summed E-state index contributed by atoms with van der Waals surface area (Å²) >= 11 is 1.16. The fraction of sp³-hybridized carbons (Fsp3) is 0.435. The second-order valence-corrected chi connectivity index (χ2v) is 11.4. The van der Waals surface area contributed by atoms with Crippen molar-refractivity contribution in [3.8, 4) is 17.2 Å². The molecule has 194 valence electrons. The zero-order chi connectivity index (χ0) is 26.0. The van der Waals surface area contributed by atoms with E-state index in [1.807, 2.05) is 0 Å². The number of aromatic nitrogens is 2. The maximum Gasteiger partial charge on any atom is 0.263 e. The Morgan fingerprint density at radius 3 is 2.31 bits per heavy atom. The molecule has 2 aromatic heterocycles. The second-order valence-electron chi connectivity index (χ2n) is 8.27. The van der Waals surface area contributed by atoms with Gasteiger partial charge >= 0.3 is 0 Å². The van der Waals surface area contributed by atoms with Crippen molar-refractivity contribution in [3.63, 3.8) is 0 Å². The molecule has 0 spiro atoms. The van der Waals surface area contributed by atoms with Crippen LogP contribution in [0.4, 0.5) is 5.69 Å². The first kappa shape index (κ1) is 25.9. The fourth-order valence-corrected chi connectivity index (χ4v) is 7.46. The monoisotopic (exact) mass is 536 g/mol. The first-order valence-electron chi connectivity index (χ1n) is 11.3. The first-order valence-corrected chi connectivity index (χ1v) is 13.6. The minimum absolute atomic E-state index is 0.0127. The molecule has 0 aliphatic carbocycles. The number of anilines is 1. The number of nitrogens with zero attached hydrogens (tertiary/aromatic N) is 3. The third-order valence-electron chi connectivity index (χ3n) is 5.97. The molecule has 1 fully saturated rings. The van der Waals surface area contributed by atoms with Crippen LogP contribution in [-0.2, 0) is 21.4 Å². The lowest BCUT2D eigenvalue weighted by molar-refractivity contribution is -0.116. The van der Waals surface area contributed by atoms with E-state index in [0.29, 0.717) is 45.7 Å². The molecule has 0 atom stereocenters. The molecule has 1 aliphatic rings. The van der Waals surface area contributed by atoms with Crippen LogP contribution in [0.1, 0.15) is 24.1 Å². The van der Waals surface area contributed by atoms with E-state index in [4.69, 9.17) is 14.2 Å². The van der Waals surface area contributed by atoms with E-state index < -0.39 is 21.5 Å². The summed E-state index contributed by atoms with van der Waals surface area (Å²) in [7, 11) is 0.528. The molecule has 36 heavy (non-hydrogen) atoms. The van der Waals surface area contributed by atoms with Crippen molar-refractivity contribution >= 4 is 43.2 Å². The third-order valence-corrected chi connectivity index (χ3v) is 9.19. The van der Waals surface area contributed by atoms with Crippen LogP contribution in [-0.4, -0.2) is 62.6 Å². The number of sulfonamides is 1. The molecule has 1 aliphatic heterocycles. The van der Waals surface area contributed by atoms with Crippen LogP contribution >= 0.6 is 11.3 Å². The smallest absolute Gasteiger partial charge is 0.263 e. The highest BCUT2D eigenvalue weighted by molar-refractivity contribution is 7.89. The molecule has 3 heterocycles. The van der Waals surface area contributed by atoms with Crippen LogP contribution in [0, 0.1) is 6.92 Å². The Labute approximate surface area is 212 Å². The van der Waals surface area contributed by atoms with Gasteiger partial charge in [0.1, 0.15) is 16.3 Å². The quantitative estimate of drug-likeness (QED) is 0.465. The van der Waals surface area contributed by atoms with Crippen molar-refractivity contribution in [2.75, 3.05) is 39.7 Å². The molecule has 1 aromatic carbocycles. The number of amides is 1. The number of hydrogen-bond donors (Lipinski definition) is 1. The van der Waals surface area contributed by atoms with Crippen LogP contribution in [0.3, 0.4) is 0 Å². The molecule has 3 aromatic rings. The second kappa shape index (κ2) is 10.4. The van der Waals surface area contributed by atoms with Gasteiger partial charge in [0.05, 0.1) is 33.0 Å².